The third-order valence-electron chi connectivity index (χ3n) is 3.30. The van der Waals surface area contributed by atoms with E-state index in [9.17, 15) is 0 Å². The van der Waals surface area contributed by atoms with Gasteiger partial charge in [-0.1, -0.05) is 60.7 Å². The average molecular weight is 320 g/mol. The Morgan fingerprint density at radius 2 is 1.32 bits per heavy atom. The third kappa shape index (κ3) is 5.34. The summed E-state index contributed by atoms with van der Waals surface area (Å²) in [4.78, 5) is 31.4. The highest BCUT2D eigenvalue weighted by Gasteiger charge is 2.34. The first-order valence-corrected chi connectivity index (χ1v) is 8.82. The number of benzene rings is 2. The van der Waals surface area contributed by atoms with E-state index in [-0.39, 0.29) is 5.92 Å². The van der Waals surface area contributed by atoms with Gasteiger partial charge >= 0.3 is 9.05 Å². The Kier molecular flexibility index (Phi) is 5.84. The summed E-state index contributed by atoms with van der Waals surface area (Å²) in [6.45, 7) is 1.75. The Morgan fingerprint density at radius 1 is 0.864 bits per heavy atom. The fourth-order valence-corrected chi connectivity index (χ4v) is 2.65. The SMILES string of the molecule is CC(CC(c1ccccc1)c1ccccc1)OO[Si](O)(O)O. The van der Waals surface area contributed by atoms with Gasteiger partial charge in [0, 0.05) is 5.92 Å². The van der Waals surface area contributed by atoms with Crippen molar-refractivity contribution in [2.45, 2.75) is 25.4 Å². The summed E-state index contributed by atoms with van der Waals surface area (Å²) < 4.78 is 4.27. The quantitative estimate of drug-likeness (QED) is 0.413. The lowest BCUT2D eigenvalue weighted by Gasteiger charge is -2.22. The first-order chi connectivity index (χ1) is 10.5. The van der Waals surface area contributed by atoms with Gasteiger partial charge in [0.15, 0.2) is 0 Å². The highest BCUT2D eigenvalue weighted by atomic mass is 28.4. The van der Waals surface area contributed by atoms with E-state index in [1.807, 2.05) is 60.7 Å². The van der Waals surface area contributed by atoms with Gasteiger partial charge in [0.25, 0.3) is 0 Å². The second-order valence-corrected chi connectivity index (χ2v) is 6.49. The van der Waals surface area contributed by atoms with Crippen molar-refractivity contribution in [3.8, 4) is 0 Å². The van der Waals surface area contributed by atoms with Crippen LogP contribution < -0.4 is 0 Å². The molecular formula is C16H20O5Si. The summed E-state index contributed by atoms with van der Waals surface area (Å²) in [6.07, 6.45) is 0.141. The smallest absolute Gasteiger partial charge is 0.366 e. The molecule has 0 aliphatic carbocycles. The van der Waals surface area contributed by atoms with Gasteiger partial charge in [0.1, 0.15) is 0 Å². The van der Waals surface area contributed by atoms with Crippen LogP contribution in [0.3, 0.4) is 0 Å². The standard InChI is InChI=1S/C16H20O5Si/c1-13(20-21-22(17,18)19)12-16(14-8-4-2-5-9-14)15-10-6-3-7-11-15/h2-11,13,16-19H,12H2,1H3. The molecule has 0 bridgehead atoms. The van der Waals surface area contributed by atoms with E-state index in [2.05, 4.69) is 4.58 Å². The molecule has 0 aliphatic heterocycles. The average Bonchev–Trinajstić information content (AvgIpc) is 2.52. The summed E-state index contributed by atoms with van der Waals surface area (Å²) in [5.74, 6) is 0.0770. The number of hydrogen-bond acceptors (Lipinski definition) is 5. The maximum Gasteiger partial charge on any atom is 0.699 e. The number of rotatable bonds is 7. The second kappa shape index (κ2) is 7.64. The van der Waals surface area contributed by atoms with Gasteiger partial charge in [0.2, 0.25) is 0 Å². The molecule has 6 heteroatoms. The molecule has 0 saturated heterocycles. The summed E-state index contributed by atoms with van der Waals surface area (Å²) in [5, 5.41) is 0. The molecule has 0 fully saturated rings. The monoisotopic (exact) mass is 320 g/mol. The summed E-state index contributed by atoms with van der Waals surface area (Å²) in [6, 6.07) is 19.9. The molecule has 0 spiro atoms. The van der Waals surface area contributed by atoms with Crippen molar-refractivity contribution in [2.24, 2.45) is 0 Å². The van der Waals surface area contributed by atoms with Crippen molar-refractivity contribution in [3.05, 3.63) is 71.8 Å². The highest BCUT2D eigenvalue weighted by molar-refractivity contribution is 6.48. The molecule has 0 radical (unpaired) electrons. The molecule has 0 saturated carbocycles. The van der Waals surface area contributed by atoms with Crippen LogP contribution in [-0.4, -0.2) is 29.5 Å². The van der Waals surface area contributed by atoms with E-state index in [0.29, 0.717) is 6.42 Å². The zero-order valence-corrected chi connectivity index (χ0v) is 13.3. The van der Waals surface area contributed by atoms with Crippen molar-refractivity contribution >= 4 is 9.05 Å². The number of hydrogen-bond donors (Lipinski definition) is 3. The molecule has 1 atom stereocenters. The summed E-state index contributed by atoms with van der Waals surface area (Å²) in [7, 11) is -4.65. The molecular weight excluding hydrogens is 300 g/mol. The maximum atomic E-state index is 8.84. The van der Waals surface area contributed by atoms with Crippen LogP contribution in [-0.2, 0) is 9.46 Å². The third-order valence-corrected chi connectivity index (χ3v) is 3.62. The van der Waals surface area contributed by atoms with Crippen LogP contribution >= 0.6 is 0 Å². The molecule has 2 rings (SSSR count). The minimum absolute atomic E-state index is 0.0770. The molecule has 3 N–H and O–H groups in total. The van der Waals surface area contributed by atoms with E-state index in [1.54, 1.807) is 6.92 Å². The van der Waals surface area contributed by atoms with Crippen LogP contribution in [0.25, 0.3) is 0 Å². The first-order valence-electron chi connectivity index (χ1n) is 7.07. The fraction of sp³-hybridized carbons (Fsp3) is 0.250. The van der Waals surface area contributed by atoms with Gasteiger partial charge in [-0.15, -0.1) is 0 Å². The molecule has 22 heavy (non-hydrogen) atoms. The van der Waals surface area contributed by atoms with Crippen LogP contribution in [0.4, 0.5) is 0 Å². The Hall–Kier alpha value is -1.54. The molecule has 0 aliphatic rings. The molecule has 0 heterocycles. The Labute approximate surface area is 130 Å². The van der Waals surface area contributed by atoms with Gasteiger partial charge < -0.3 is 14.4 Å². The van der Waals surface area contributed by atoms with Crippen molar-refractivity contribution in [3.63, 3.8) is 0 Å². The van der Waals surface area contributed by atoms with E-state index >= 15 is 0 Å². The predicted molar refractivity (Wildman–Crippen MR) is 83.4 cm³/mol. The van der Waals surface area contributed by atoms with Gasteiger partial charge in [-0.3, -0.25) is 0 Å². The minimum Gasteiger partial charge on any atom is -0.366 e. The van der Waals surface area contributed by atoms with Gasteiger partial charge in [0.05, 0.1) is 6.10 Å². The topological polar surface area (TPSA) is 79.2 Å². The Balaban J connectivity index is 2.12. The fourth-order valence-electron chi connectivity index (χ4n) is 2.35. The molecule has 5 nitrogen and oxygen atoms in total. The lowest BCUT2D eigenvalue weighted by atomic mass is 9.87. The predicted octanol–water partition coefficient (Wildman–Crippen LogP) is 1.96. The van der Waals surface area contributed by atoms with Crippen LogP contribution in [0.2, 0.25) is 0 Å². The van der Waals surface area contributed by atoms with E-state index in [1.165, 1.54) is 0 Å². The van der Waals surface area contributed by atoms with Gasteiger partial charge in [-0.05, 0) is 24.5 Å². The maximum absolute atomic E-state index is 8.84. The van der Waals surface area contributed by atoms with Crippen LogP contribution in [0.15, 0.2) is 60.7 Å². The second-order valence-electron chi connectivity index (χ2n) is 5.17. The van der Waals surface area contributed by atoms with Crippen molar-refractivity contribution in [2.75, 3.05) is 0 Å². The van der Waals surface area contributed by atoms with Crippen molar-refractivity contribution < 1.29 is 23.9 Å². The molecule has 2 aromatic carbocycles. The van der Waals surface area contributed by atoms with E-state index in [0.717, 1.165) is 11.1 Å². The lowest BCUT2D eigenvalue weighted by Crippen LogP contribution is -2.40. The molecule has 118 valence electrons. The van der Waals surface area contributed by atoms with Crippen molar-refractivity contribution in [1.82, 2.24) is 0 Å². The zero-order chi connectivity index (χ0) is 16.0. The lowest BCUT2D eigenvalue weighted by molar-refractivity contribution is -0.289. The summed E-state index contributed by atoms with van der Waals surface area (Å²) >= 11 is 0. The van der Waals surface area contributed by atoms with E-state index < -0.39 is 15.2 Å². The Morgan fingerprint density at radius 3 is 1.73 bits per heavy atom. The first kappa shape index (κ1) is 16.8. The molecule has 0 aromatic heterocycles. The molecule has 0 amide bonds. The minimum atomic E-state index is -4.65. The largest absolute Gasteiger partial charge is 0.699 e. The van der Waals surface area contributed by atoms with Crippen LogP contribution in [0.5, 0.6) is 0 Å². The highest BCUT2D eigenvalue weighted by Crippen LogP contribution is 2.29. The van der Waals surface area contributed by atoms with Crippen LogP contribution in [0, 0.1) is 0 Å². The van der Waals surface area contributed by atoms with Crippen molar-refractivity contribution in [1.29, 1.82) is 0 Å². The van der Waals surface area contributed by atoms with Crippen LogP contribution in [0.1, 0.15) is 30.4 Å². The Bertz CT molecular complexity index is 516. The van der Waals surface area contributed by atoms with Gasteiger partial charge in [-0.2, -0.15) is 4.58 Å². The van der Waals surface area contributed by atoms with E-state index in [4.69, 9.17) is 19.3 Å². The normalized spacial score (nSPS) is 13.3. The summed E-state index contributed by atoms with van der Waals surface area (Å²) in [5.41, 5.74) is 2.26. The molecule has 1 unspecified atom stereocenters. The zero-order valence-electron chi connectivity index (χ0n) is 12.3. The molecule has 2 aromatic rings. The van der Waals surface area contributed by atoms with Gasteiger partial charge in [-0.25, -0.2) is 4.89 Å².